The van der Waals surface area contributed by atoms with Gasteiger partial charge in [0.1, 0.15) is 16.9 Å². The van der Waals surface area contributed by atoms with Crippen molar-refractivity contribution >= 4 is 11.0 Å². The highest BCUT2D eigenvalue weighted by atomic mass is 19.2. The van der Waals surface area contributed by atoms with Crippen LogP contribution < -0.4 is 0 Å². The quantitative estimate of drug-likeness (QED) is 0.767. The minimum absolute atomic E-state index is 0.156. The van der Waals surface area contributed by atoms with Crippen molar-refractivity contribution in [1.82, 2.24) is 0 Å². The first kappa shape index (κ1) is 12.8. The number of hydrogen-bond donors (Lipinski definition) is 1. The Bertz CT molecular complexity index is 742. The maximum absolute atomic E-state index is 13.9. The topological polar surface area (TPSA) is 33.4 Å². The molecule has 1 aromatic heterocycles. The molecular formula is C16H12F2O2. The van der Waals surface area contributed by atoms with Crippen molar-refractivity contribution in [2.24, 2.45) is 0 Å². The van der Waals surface area contributed by atoms with Crippen molar-refractivity contribution < 1.29 is 18.3 Å². The summed E-state index contributed by atoms with van der Waals surface area (Å²) >= 11 is 0. The molecule has 1 atom stereocenters. The average molecular weight is 274 g/mol. The standard InChI is InChI=1S/C16H12F2O2/c1-16(19,11-6-4-7-12(17)15(11)18)14-9-10-5-2-3-8-13(10)20-14/h2-9,19H,1H3. The number of furan rings is 1. The molecule has 102 valence electrons. The zero-order chi connectivity index (χ0) is 14.3. The molecule has 0 fully saturated rings. The van der Waals surface area contributed by atoms with Crippen LogP contribution in [-0.4, -0.2) is 5.11 Å². The van der Waals surface area contributed by atoms with E-state index >= 15 is 0 Å². The van der Waals surface area contributed by atoms with Crippen molar-refractivity contribution in [3.63, 3.8) is 0 Å². The van der Waals surface area contributed by atoms with Crippen molar-refractivity contribution in [2.75, 3.05) is 0 Å². The van der Waals surface area contributed by atoms with Crippen LogP contribution in [0.5, 0.6) is 0 Å². The molecule has 1 N–H and O–H groups in total. The second-order valence-corrected chi connectivity index (χ2v) is 4.82. The molecule has 3 aromatic rings. The number of hydrogen-bond acceptors (Lipinski definition) is 2. The van der Waals surface area contributed by atoms with Gasteiger partial charge in [0.05, 0.1) is 0 Å². The summed E-state index contributed by atoms with van der Waals surface area (Å²) in [6.07, 6.45) is 0. The van der Waals surface area contributed by atoms with Crippen LogP contribution in [0.1, 0.15) is 18.2 Å². The molecule has 0 aliphatic rings. The van der Waals surface area contributed by atoms with Crippen LogP contribution in [0.25, 0.3) is 11.0 Å². The maximum atomic E-state index is 13.9. The number of benzene rings is 2. The van der Waals surface area contributed by atoms with Crippen LogP contribution in [0.4, 0.5) is 8.78 Å². The molecule has 2 nitrogen and oxygen atoms in total. The third-order valence-electron chi connectivity index (χ3n) is 3.38. The van der Waals surface area contributed by atoms with E-state index in [9.17, 15) is 13.9 Å². The second kappa shape index (κ2) is 4.42. The van der Waals surface area contributed by atoms with E-state index in [-0.39, 0.29) is 11.3 Å². The second-order valence-electron chi connectivity index (χ2n) is 4.82. The van der Waals surface area contributed by atoms with E-state index < -0.39 is 17.2 Å². The van der Waals surface area contributed by atoms with E-state index in [2.05, 4.69) is 0 Å². The van der Waals surface area contributed by atoms with Gasteiger partial charge in [-0.05, 0) is 25.1 Å². The fourth-order valence-corrected chi connectivity index (χ4v) is 2.23. The zero-order valence-corrected chi connectivity index (χ0v) is 10.7. The molecule has 0 aliphatic carbocycles. The summed E-state index contributed by atoms with van der Waals surface area (Å²) in [4.78, 5) is 0. The van der Waals surface area contributed by atoms with Gasteiger partial charge in [0.15, 0.2) is 11.6 Å². The Hall–Kier alpha value is -2.20. The summed E-state index contributed by atoms with van der Waals surface area (Å²) in [5.74, 6) is -1.90. The van der Waals surface area contributed by atoms with E-state index in [1.54, 1.807) is 18.2 Å². The molecule has 0 saturated heterocycles. The van der Waals surface area contributed by atoms with Gasteiger partial charge in [-0.15, -0.1) is 0 Å². The first-order valence-corrected chi connectivity index (χ1v) is 6.16. The number of aliphatic hydroxyl groups is 1. The molecule has 0 saturated carbocycles. The summed E-state index contributed by atoms with van der Waals surface area (Å²) in [5, 5.41) is 11.4. The van der Waals surface area contributed by atoms with E-state index in [0.29, 0.717) is 5.58 Å². The number of fused-ring (bicyclic) bond motifs is 1. The predicted octanol–water partition coefficient (Wildman–Crippen LogP) is 3.97. The van der Waals surface area contributed by atoms with Gasteiger partial charge in [0.2, 0.25) is 0 Å². The van der Waals surface area contributed by atoms with E-state index in [4.69, 9.17) is 4.42 Å². The molecule has 0 radical (unpaired) electrons. The number of halogens is 2. The lowest BCUT2D eigenvalue weighted by molar-refractivity contribution is 0.0740. The van der Waals surface area contributed by atoms with Gasteiger partial charge < -0.3 is 9.52 Å². The van der Waals surface area contributed by atoms with Crippen LogP contribution in [0.2, 0.25) is 0 Å². The van der Waals surface area contributed by atoms with Crippen LogP contribution in [0.15, 0.2) is 52.9 Å². The Morgan fingerprint density at radius 1 is 1.05 bits per heavy atom. The Morgan fingerprint density at radius 3 is 2.55 bits per heavy atom. The fraction of sp³-hybridized carbons (Fsp3) is 0.125. The summed E-state index contributed by atoms with van der Waals surface area (Å²) < 4.78 is 32.7. The summed E-state index contributed by atoms with van der Waals surface area (Å²) in [6.45, 7) is 1.38. The third-order valence-corrected chi connectivity index (χ3v) is 3.38. The molecule has 1 unspecified atom stereocenters. The minimum atomic E-state index is -1.74. The molecule has 1 heterocycles. The van der Waals surface area contributed by atoms with Crippen LogP contribution in [0.3, 0.4) is 0 Å². The highest BCUT2D eigenvalue weighted by Gasteiger charge is 2.33. The lowest BCUT2D eigenvalue weighted by Crippen LogP contribution is -2.24. The average Bonchev–Trinajstić information content (AvgIpc) is 2.86. The molecule has 4 heteroatoms. The molecule has 0 aliphatic heterocycles. The van der Waals surface area contributed by atoms with Crippen LogP contribution in [0, 0.1) is 11.6 Å². The van der Waals surface area contributed by atoms with Gasteiger partial charge in [-0.1, -0.05) is 30.3 Å². The molecule has 0 bridgehead atoms. The minimum Gasteiger partial charge on any atom is -0.458 e. The summed E-state index contributed by atoms with van der Waals surface area (Å²) in [7, 11) is 0. The Kier molecular flexibility index (Phi) is 2.83. The van der Waals surface area contributed by atoms with Crippen LogP contribution in [-0.2, 0) is 5.60 Å². The first-order chi connectivity index (χ1) is 9.50. The molecule has 20 heavy (non-hydrogen) atoms. The van der Waals surface area contributed by atoms with Crippen molar-refractivity contribution in [2.45, 2.75) is 12.5 Å². The molecule has 0 spiro atoms. The van der Waals surface area contributed by atoms with E-state index in [1.807, 2.05) is 12.1 Å². The number of rotatable bonds is 2. The summed E-state index contributed by atoms with van der Waals surface area (Å²) in [6, 6.07) is 12.5. The largest absolute Gasteiger partial charge is 0.458 e. The lowest BCUT2D eigenvalue weighted by Gasteiger charge is -2.21. The van der Waals surface area contributed by atoms with Crippen molar-refractivity contribution in [3.05, 3.63) is 71.5 Å². The van der Waals surface area contributed by atoms with Gasteiger partial charge in [-0.3, -0.25) is 0 Å². The predicted molar refractivity (Wildman–Crippen MR) is 71.2 cm³/mol. The molecule has 3 rings (SSSR count). The molecule has 0 amide bonds. The maximum Gasteiger partial charge on any atom is 0.165 e. The Morgan fingerprint density at radius 2 is 1.80 bits per heavy atom. The molecular weight excluding hydrogens is 262 g/mol. The van der Waals surface area contributed by atoms with Crippen molar-refractivity contribution in [1.29, 1.82) is 0 Å². The van der Waals surface area contributed by atoms with Gasteiger partial charge in [-0.2, -0.15) is 0 Å². The lowest BCUT2D eigenvalue weighted by atomic mass is 9.92. The monoisotopic (exact) mass is 274 g/mol. The van der Waals surface area contributed by atoms with Gasteiger partial charge in [0, 0.05) is 10.9 Å². The normalized spacial score (nSPS) is 14.4. The zero-order valence-electron chi connectivity index (χ0n) is 10.7. The fourth-order valence-electron chi connectivity index (χ4n) is 2.23. The van der Waals surface area contributed by atoms with Gasteiger partial charge in [-0.25, -0.2) is 8.78 Å². The highest BCUT2D eigenvalue weighted by molar-refractivity contribution is 5.78. The number of para-hydroxylation sites is 1. The van der Waals surface area contributed by atoms with E-state index in [0.717, 1.165) is 11.5 Å². The van der Waals surface area contributed by atoms with Gasteiger partial charge in [0.25, 0.3) is 0 Å². The SMILES string of the molecule is CC(O)(c1cc2ccccc2o1)c1cccc(F)c1F. The van der Waals surface area contributed by atoms with Crippen LogP contribution >= 0.6 is 0 Å². The Labute approximate surface area is 114 Å². The Balaban J connectivity index is 2.17. The van der Waals surface area contributed by atoms with Crippen molar-refractivity contribution in [3.8, 4) is 0 Å². The summed E-state index contributed by atoms with van der Waals surface area (Å²) in [5.41, 5.74) is -1.32. The van der Waals surface area contributed by atoms with Gasteiger partial charge >= 0.3 is 0 Å². The first-order valence-electron chi connectivity index (χ1n) is 6.16. The third kappa shape index (κ3) is 1.89. The molecule has 2 aromatic carbocycles. The smallest absolute Gasteiger partial charge is 0.165 e. The van der Waals surface area contributed by atoms with E-state index in [1.165, 1.54) is 19.1 Å². The highest BCUT2D eigenvalue weighted by Crippen LogP contribution is 2.34.